The van der Waals surface area contributed by atoms with Gasteiger partial charge in [0.05, 0.1) is 10.9 Å². The molecule has 0 amide bonds. The number of aromatic carboxylic acids is 1. The molecule has 148 valence electrons. The van der Waals surface area contributed by atoms with Gasteiger partial charge < -0.3 is 14.6 Å². The van der Waals surface area contributed by atoms with Crippen LogP contribution in [0.3, 0.4) is 0 Å². The third-order valence-corrected chi connectivity index (χ3v) is 6.45. The average Bonchev–Trinajstić information content (AvgIpc) is 3.48. The molecule has 1 saturated carbocycles. The molecule has 6 rings (SSSR count). The highest BCUT2D eigenvalue weighted by atomic mass is 19.1. The van der Waals surface area contributed by atoms with Crippen LogP contribution in [0.25, 0.3) is 10.9 Å². The Labute approximate surface area is 160 Å². The molecule has 4 aliphatic rings. The van der Waals surface area contributed by atoms with Crippen LogP contribution in [0.15, 0.2) is 17.1 Å². The number of halogens is 2. The molecular weight excluding hydrogens is 368 g/mol. The Balaban J connectivity index is 1.75. The predicted octanol–water partition coefficient (Wildman–Crippen LogP) is 2.60. The fourth-order valence-corrected chi connectivity index (χ4v) is 4.80. The number of fused-ring (bicyclic) bond motifs is 4. The van der Waals surface area contributed by atoms with Crippen molar-refractivity contribution in [1.82, 2.24) is 9.47 Å². The number of piperazine rings is 1. The van der Waals surface area contributed by atoms with E-state index in [0.29, 0.717) is 6.54 Å². The number of carboxylic acid groups (broad SMARTS) is 1. The van der Waals surface area contributed by atoms with E-state index in [9.17, 15) is 14.7 Å². The molecule has 1 aromatic heterocycles. The topological polar surface area (TPSA) is 65.8 Å². The highest BCUT2D eigenvalue weighted by molar-refractivity contribution is 5.94. The first-order valence-electron chi connectivity index (χ1n) is 9.64. The molecule has 28 heavy (non-hydrogen) atoms. The van der Waals surface area contributed by atoms with Crippen molar-refractivity contribution in [2.75, 3.05) is 25.0 Å². The lowest BCUT2D eigenvalue weighted by atomic mass is 9.90. The number of likely N-dealkylation sites (N-methyl/N-ethyl adjacent to an activating group) is 1. The van der Waals surface area contributed by atoms with Gasteiger partial charge in [0.25, 0.3) is 0 Å². The van der Waals surface area contributed by atoms with E-state index < -0.39 is 28.6 Å². The van der Waals surface area contributed by atoms with E-state index in [1.807, 2.05) is 7.05 Å². The Kier molecular flexibility index (Phi) is 3.78. The average molecular weight is 389 g/mol. The van der Waals surface area contributed by atoms with Gasteiger partial charge in [0.1, 0.15) is 17.1 Å². The zero-order valence-corrected chi connectivity index (χ0v) is 15.5. The smallest absolute Gasteiger partial charge is 0.341 e. The second kappa shape index (κ2) is 6.01. The number of hydrogen-bond donors (Lipinski definition) is 1. The van der Waals surface area contributed by atoms with Gasteiger partial charge in [0.15, 0.2) is 5.82 Å². The standard InChI is InChI=1S/C20H21F2N3O3/c1-23-7-12-5-4-11(23)8-24(12)18-15(21)6-13-17(16(18)22)25(10-2-3-10)9-14(19(13)26)20(27)28/h6,9-12H,2-5,7-8H2,1H3,(H,27,28)/t11-,12-/m1/s1. The van der Waals surface area contributed by atoms with Crippen molar-refractivity contribution in [1.29, 1.82) is 0 Å². The molecule has 3 aliphatic heterocycles. The molecule has 1 N–H and O–H groups in total. The minimum Gasteiger partial charge on any atom is -0.477 e. The van der Waals surface area contributed by atoms with Crippen LogP contribution in [0.1, 0.15) is 42.1 Å². The summed E-state index contributed by atoms with van der Waals surface area (Å²) in [6, 6.07) is 1.24. The molecule has 2 aromatic rings. The number of aromatic nitrogens is 1. The SMILES string of the molecule is CN1C[C@H]2CC[C@@H]1CN2c1c(F)cc2c(=O)c(C(=O)O)cn(C3CC3)c2c1F. The Morgan fingerprint density at radius 2 is 1.79 bits per heavy atom. The summed E-state index contributed by atoms with van der Waals surface area (Å²) in [5.74, 6) is -2.95. The van der Waals surface area contributed by atoms with Crippen LogP contribution in [0.5, 0.6) is 0 Å². The molecule has 0 radical (unpaired) electrons. The fraction of sp³-hybridized carbons (Fsp3) is 0.500. The van der Waals surface area contributed by atoms with Gasteiger partial charge in [-0.15, -0.1) is 0 Å². The number of rotatable bonds is 3. The Morgan fingerprint density at radius 3 is 2.36 bits per heavy atom. The van der Waals surface area contributed by atoms with Gasteiger partial charge >= 0.3 is 5.97 Å². The number of benzene rings is 1. The summed E-state index contributed by atoms with van der Waals surface area (Å²) in [7, 11) is 2.03. The molecule has 4 fully saturated rings. The van der Waals surface area contributed by atoms with Gasteiger partial charge in [-0.25, -0.2) is 13.6 Å². The van der Waals surface area contributed by atoms with Crippen LogP contribution in [-0.4, -0.2) is 52.8 Å². The van der Waals surface area contributed by atoms with Crippen molar-refractivity contribution in [3.05, 3.63) is 39.7 Å². The summed E-state index contributed by atoms with van der Waals surface area (Å²) in [4.78, 5) is 28.0. The first kappa shape index (κ1) is 17.6. The van der Waals surface area contributed by atoms with Crippen LogP contribution in [0.2, 0.25) is 0 Å². The molecule has 8 heteroatoms. The summed E-state index contributed by atoms with van der Waals surface area (Å²) in [5.41, 5.74) is -1.37. The number of anilines is 1. The molecule has 1 aliphatic carbocycles. The lowest BCUT2D eigenvalue weighted by Crippen LogP contribution is -2.61. The minimum absolute atomic E-state index is 0.0173. The van der Waals surface area contributed by atoms with E-state index >= 15 is 8.78 Å². The van der Waals surface area contributed by atoms with Crippen LogP contribution < -0.4 is 10.3 Å². The summed E-state index contributed by atoms with van der Waals surface area (Å²) in [5, 5.41) is 9.13. The highest BCUT2D eigenvalue weighted by Crippen LogP contribution is 2.41. The second-order valence-corrected chi connectivity index (χ2v) is 8.21. The van der Waals surface area contributed by atoms with E-state index in [4.69, 9.17) is 0 Å². The van der Waals surface area contributed by atoms with Crippen LogP contribution in [-0.2, 0) is 0 Å². The molecule has 2 atom stereocenters. The predicted molar refractivity (Wildman–Crippen MR) is 100 cm³/mol. The normalized spacial score (nSPS) is 24.9. The quantitative estimate of drug-likeness (QED) is 0.874. The maximum atomic E-state index is 15.7. The molecule has 3 saturated heterocycles. The highest BCUT2D eigenvalue weighted by Gasteiger charge is 2.40. The summed E-state index contributed by atoms with van der Waals surface area (Å²) < 4.78 is 32.3. The van der Waals surface area contributed by atoms with Crippen LogP contribution in [0, 0.1) is 11.6 Å². The van der Waals surface area contributed by atoms with E-state index in [0.717, 1.165) is 38.3 Å². The van der Waals surface area contributed by atoms with Gasteiger partial charge in [0, 0.05) is 37.4 Å². The lowest BCUT2D eigenvalue weighted by Gasteiger charge is -2.51. The number of carbonyl (C=O) groups is 1. The van der Waals surface area contributed by atoms with Gasteiger partial charge in [0.2, 0.25) is 5.43 Å². The van der Waals surface area contributed by atoms with Gasteiger partial charge in [-0.2, -0.15) is 0 Å². The van der Waals surface area contributed by atoms with Crippen molar-refractivity contribution in [2.45, 2.75) is 43.8 Å². The number of piperidine rings is 2. The lowest BCUT2D eigenvalue weighted by molar-refractivity contribution is 0.0695. The Hall–Kier alpha value is -2.48. The minimum atomic E-state index is -1.39. The van der Waals surface area contributed by atoms with Gasteiger partial charge in [-0.05, 0) is 38.8 Å². The van der Waals surface area contributed by atoms with Crippen LogP contribution >= 0.6 is 0 Å². The van der Waals surface area contributed by atoms with Crippen LogP contribution in [0.4, 0.5) is 14.5 Å². The monoisotopic (exact) mass is 389 g/mol. The molecule has 0 unspecified atom stereocenters. The number of pyridine rings is 1. The first-order valence-corrected chi connectivity index (χ1v) is 9.64. The van der Waals surface area contributed by atoms with E-state index in [1.165, 1.54) is 10.8 Å². The third-order valence-electron chi connectivity index (χ3n) is 6.45. The first-order chi connectivity index (χ1) is 13.4. The Morgan fingerprint density at radius 1 is 1.11 bits per heavy atom. The molecule has 0 spiro atoms. The summed E-state index contributed by atoms with van der Waals surface area (Å²) in [6.45, 7) is 1.29. The molecule has 6 nitrogen and oxygen atoms in total. The zero-order valence-electron chi connectivity index (χ0n) is 15.5. The number of hydrogen-bond acceptors (Lipinski definition) is 4. The number of nitrogens with zero attached hydrogens (tertiary/aromatic N) is 3. The Bertz CT molecular complexity index is 1060. The molecule has 2 bridgehead atoms. The summed E-state index contributed by atoms with van der Waals surface area (Å²) >= 11 is 0. The van der Waals surface area contributed by atoms with Crippen molar-refractivity contribution >= 4 is 22.6 Å². The fourth-order valence-electron chi connectivity index (χ4n) is 4.80. The maximum Gasteiger partial charge on any atom is 0.341 e. The largest absolute Gasteiger partial charge is 0.477 e. The van der Waals surface area contributed by atoms with Crippen molar-refractivity contribution in [2.24, 2.45) is 0 Å². The second-order valence-electron chi connectivity index (χ2n) is 8.21. The van der Waals surface area contributed by atoms with Crippen molar-refractivity contribution < 1.29 is 18.7 Å². The van der Waals surface area contributed by atoms with Crippen molar-refractivity contribution in [3.63, 3.8) is 0 Å². The molecule has 4 heterocycles. The molecule has 1 aromatic carbocycles. The van der Waals surface area contributed by atoms with E-state index in [2.05, 4.69) is 4.90 Å². The van der Waals surface area contributed by atoms with Gasteiger partial charge in [-0.3, -0.25) is 9.69 Å². The van der Waals surface area contributed by atoms with E-state index in [-0.39, 0.29) is 34.7 Å². The third kappa shape index (κ3) is 2.47. The number of carboxylic acids is 1. The zero-order chi connectivity index (χ0) is 19.7. The maximum absolute atomic E-state index is 15.7. The summed E-state index contributed by atoms with van der Waals surface area (Å²) in [6.07, 6.45) is 4.65. The molecular formula is C20H21F2N3O3. The van der Waals surface area contributed by atoms with Crippen molar-refractivity contribution in [3.8, 4) is 0 Å². The van der Waals surface area contributed by atoms with Gasteiger partial charge in [-0.1, -0.05) is 0 Å². The van der Waals surface area contributed by atoms with E-state index in [1.54, 1.807) is 4.90 Å².